The number of nitrogens with zero attached hydrogens (tertiary/aromatic N) is 2. The third-order valence-corrected chi connectivity index (χ3v) is 1.90. The number of hydrogen-bond acceptors (Lipinski definition) is 2. The first kappa shape index (κ1) is 10.3. The molecule has 1 heterocycles. The van der Waals surface area contributed by atoms with Gasteiger partial charge in [0.05, 0.1) is 6.54 Å². The quantitative estimate of drug-likeness (QED) is 0.440. The minimum atomic E-state index is 0.573. The Labute approximate surface area is 83.4 Å². The monoisotopic (exact) mass is 199 g/mol. The van der Waals surface area contributed by atoms with Gasteiger partial charge in [0.2, 0.25) is 0 Å². The highest BCUT2D eigenvalue weighted by Crippen LogP contribution is 1.92. The highest BCUT2D eigenvalue weighted by molar-refractivity contribution is 6.18. The Bertz CT molecular complexity index is 268. The number of allylic oxidation sites excluding steroid dienone is 1. The summed E-state index contributed by atoms with van der Waals surface area (Å²) in [6, 6.07) is 0. The third-order valence-electron chi connectivity index (χ3n) is 1.72. The largest absolute Gasteiger partial charge is 0.337 e. The first-order chi connectivity index (χ1) is 6.34. The van der Waals surface area contributed by atoms with E-state index in [4.69, 9.17) is 11.6 Å². The predicted octanol–water partition coefficient (Wildman–Crippen LogP) is 1.30. The van der Waals surface area contributed by atoms with Gasteiger partial charge in [0.15, 0.2) is 0 Å². The van der Waals surface area contributed by atoms with E-state index in [1.54, 1.807) is 6.20 Å². The van der Waals surface area contributed by atoms with Gasteiger partial charge in [-0.1, -0.05) is 12.2 Å². The van der Waals surface area contributed by atoms with Gasteiger partial charge >= 0.3 is 0 Å². The summed E-state index contributed by atoms with van der Waals surface area (Å²) in [6.45, 7) is 1.62. The highest BCUT2D eigenvalue weighted by atomic mass is 35.5. The minimum absolute atomic E-state index is 0.573. The van der Waals surface area contributed by atoms with Gasteiger partial charge in [0, 0.05) is 31.9 Å². The second-order valence-electron chi connectivity index (χ2n) is 2.71. The van der Waals surface area contributed by atoms with Crippen molar-refractivity contribution >= 4 is 11.6 Å². The number of imidazole rings is 1. The Kier molecular flexibility index (Phi) is 4.57. The molecule has 0 saturated heterocycles. The molecular weight excluding hydrogens is 186 g/mol. The Hall–Kier alpha value is -0.800. The fraction of sp³-hybridized carbons (Fsp3) is 0.444. The number of aryl methyl sites for hydroxylation is 1. The maximum Gasteiger partial charge on any atom is 0.122 e. The lowest BCUT2D eigenvalue weighted by Crippen LogP contribution is -2.15. The van der Waals surface area contributed by atoms with Gasteiger partial charge in [-0.15, -0.1) is 11.6 Å². The van der Waals surface area contributed by atoms with Crippen LogP contribution in [-0.2, 0) is 13.6 Å². The van der Waals surface area contributed by atoms with Gasteiger partial charge in [-0.3, -0.25) is 0 Å². The number of halogens is 1. The van der Waals surface area contributed by atoms with E-state index in [2.05, 4.69) is 10.3 Å². The van der Waals surface area contributed by atoms with Crippen molar-refractivity contribution in [3.05, 3.63) is 30.4 Å². The van der Waals surface area contributed by atoms with E-state index in [1.165, 1.54) is 0 Å². The Balaban J connectivity index is 2.20. The zero-order chi connectivity index (χ0) is 9.52. The molecule has 0 aromatic carbocycles. The lowest BCUT2D eigenvalue weighted by atomic mass is 10.5. The van der Waals surface area contributed by atoms with Crippen molar-refractivity contribution < 1.29 is 0 Å². The molecule has 0 aliphatic carbocycles. The summed E-state index contributed by atoms with van der Waals surface area (Å²) in [6.07, 6.45) is 7.67. The van der Waals surface area contributed by atoms with Crippen LogP contribution in [0, 0.1) is 0 Å². The van der Waals surface area contributed by atoms with Crippen LogP contribution in [0.3, 0.4) is 0 Å². The molecule has 0 atom stereocenters. The fourth-order valence-corrected chi connectivity index (χ4v) is 1.11. The second-order valence-corrected chi connectivity index (χ2v) is 3.02. The van der Waals surface area contributed by atoms with Crippen molar-refractivity contribution in [1.29, 1.82) is 0 Å². The molecule has 0 radical (unpaired) electrons. The molecule has 0 aliphatic heterocycles. The Morgan fingerprint density at radius 3 is 3.08 bits per heavy atom. The summed E-state index contributed by atoms with van der Waals surface area (Å²) in [5.74, 6) is 1.61. The van der Waals surface area contributed by atoms with E-state index in [0.717, 1.165) is 18.9 Å². The van der Waals surface area contributed by atoms with Gasteiger partial charge in [-0.2, -0.15) is 0 Å². The van der Waals surface area contributed by atoms with Crippen LogP contribution in [0.4, 0.5) is 0 Å². The van der Waals surface area contributed by atoms with Crippen LogP contribution in [0.5, 0.6) is 0 Å². The van der Waals surface area contributed by atoms with Gasteiger partial charge in [0.1, 0.15) is 5.82 Å². The van der Waals surface area contributed by atoms with Crippen LogP contribution in [0.2, 0.25) is 0 Å². The molecule has 13 heavy (non-hydrogen) atoms. The molecule has 0 spiro atoms. The van der Waals surface area contributed by atoms with E-state index in [1.807, 2.05) is 30.0 Å². The van der Waals surface area contributed by atoms with Gasteiger partial charge in [-0.05, 0) is 0 Å². The molecule has 1 aromatic rings. The van der Waals surface area contributed by atoms with E-state index < -0.39 is 0 Å². The SMILES string of the molecule is Cn1ccnc1CNC/C=C/CCl. The molecule has 1 rings (SSSR count). The molecule has 0 bridgehead atoms. The first-order valence-electron chi connectivity index (χ1n) is 4.22. The molecule has 1 N–H and O–H groups in total. The smallest absolute Gasteiger partial charge is 0.122 e. The van der Waals surface area contributed by atoms with Crippen LogP contribution in [-0.4, -0.2) is 22.0 Å². The zero-order valence-corrected chi connectivity index (χ0v) is 8.46. The van der Waals surface area contributed by atoms with Crippen LogP contribution < -0.4 is 5.32 Å². The van der Waals surface area contributed by atoms with E-state index in [0.29, 0.717) is 5.88 Å². The van der Waals surface area contributed by atoms with Gasteiger partial charge in [-0.25, -0.2) is 4.98 Å². The molecular formula is C9H14ClN3. The minimum Gasteiger partial charge on any atom is -0.337 e. The number of aromatic nitrogens is 2. The van der Waals surface area contributed by atoms with Gasteiger partial charge in [0.25, 0.3) is 0 Å². The third kappa shape index (κ3) is 3.61. The van der Waals surface area contributed by atoms with E-state index >= 15 is 0 Å². The average molecular weight is 200 g/mol. The topological polar surface area (TPSA) is 29.9 Å². The molecule has 0 unspecified atom stereocenters. The molecule has 0 aliphatic rings. The maximum atomic E-state index is 5.47. The van der Waals surface area contributed by atoms with Crippen molar-refractivity contribution in [1.82, 2.24) is 14.9 Å². The molecule has 0 saturated carbocycles. The van der Waals surface area contributed by atoms with Crippen molar-refractivity contribution in [2.24, 2.45) is 7.05 Å². The number of alkyl halides is 1. The molecule has 3 nitrogen and oxygen atoms in total. The van der Waals surface area contributed by atoms with Gasteiger partial charge < -0.3 is 9.88 Å². The summed E-state index contributed by atoms with van der Waals surface area (Å²) in [4.78, 5) is 4.18. The summed E-state index contributed by atoms with van der Waals surface area (Å²) in [7, 11) is 1.98. The summed E-state index contributed by atoms with van der Waals surface area (Å²) >= 11 is 5.47. The average Bonchev–Trinajstić information content (AvgIpc) is 2.52. The van der Waals surface area contributed by atoms with Crippen molar-refractivity contribution in [3.63, 3.8) is 0 Å². The lowest BCUT2D eigenvalue weighted by Gasteiger charge is -2.01. The second kappa shape index (κ2) is 5.78. The molecule has 72 valence electrons. The van der Waals surface area contributed by atoms with Crippen molar-refractivity contribution in [3.8, 4) is 0 Å². The molecule has 0 fully saturated rings. The first-order valence-corrected chi connectivity index (χ1v) is 4.76. The number of rotatable bonds is 5. The highest BCUT2D eigenvalue weighted by Gasteiger charge is 1.95. The van der Waals surface area contributed by atoms with Crippen LogP contribution in [0.1, 0.15) is 5.82 Å². The lowest BCUT2D eigenvalue weighted by molar-refractivity contribution is 0.680. The normalized spacial score (nSPS) is 11.2. The van der Waals surface area contributed by atoms with Crippen LogP contribution >= 0.6 is 11.6 Å². The Morgan fingerprint density at radius 2 is 2.46 bits per heavy atom. The summed E-state index contributed by atoms with van der Waals surface area (Å²) < 4.78 is 2.00. The summed E-state index contributed by atoms with van der Waals surface area (Å²) in [5.41, 5.74) is 0. The van der Waals surface area contributed by atoms with E-state index in [9.17, 15) is 0 Å². The van der Waals surface area contributed by atoms with Crippen LogP contribution in [0.15, 0.2) is 24.5 Å². The maximum absolute atomic E-state index is 5.47. The molecule has 1 aromatic heterocycles. The fourth-order valence-electron chi connectivity index (χ4n) is 0.980. The standard InChI is InChI=1S/C9H14ClN3/c1-13-7-6-12-9(13)8-11-5-3-2-4-10/h2-3,6-7,11H,4-5,8H2,1H3/b3-2+. The Morgan fingerprint density at radius 1 is 1.62 bits per heavy atom. The van der Waals surface area contributed by atoms with Crippen molar-refractivity contribution in [2.45, 2.75) is 6.54 Å². The van der Waals surface area contributed by atoms with E-state index in [-0.39, 0.29) is 0 Å². The zero-order valence-electron chi connectivity index (χ0n) is 7.70. The predicted molar refractivity (Wildman–Crippen MR) is 54.8 cm³/mol. The van der Waals surface area contributed by atoms with Crippen molar-refractivity contribution in [2.75, 3.05) is 12.4 Å². The molecule has 4 heteroatoms. The summed E-state index contributed by atoms with van der Waals surface area (Å²) in [5, 5.41) is 3.23. The van der Waals surface area contributed by atoms with Crippen LogP contribution in [0.25, 0.3) is 0 Å². The number of nitrogens with one attached hydrogen (secondary N) is 1. The number of hydrogen-bond donors (Lipinski definition) is 1. The molecule has 0 amide bonds.